The van der Waals surface area contributed by atoms with Crippen LogP contribution in [0, 0.1) is 0 Å². The Morgan fingerprint density at radius 2 is 1.63 bits per heavy atom. The van der Waals surface area contributed by atoms with Crippen LogP contribution >= 0.6 is 8.03 Å². The van der Waals surface area contributed by atoms with E-state index < -0.39 is 8.03 Å². The minimum atomic E-state index is -1.78. The van der Waals surface area contributed by atoms with Gasteiger partial charge in [-0.15, -0.1) is 4.52 Å². The quantitative estimate of drug-likeness (QED) is 0.0850. The molecule has 0 bridgehead atoms. The van der Waals surface area contributed by atoms with Gasteiger partial charge in [0, 0.05) is 19.6 Å². The number of aliphatic hydroxyl groups is 1. The Morgan fingerprint density at radius 3 is 2.29 bits per heavy atom. The fourth-order valence-electron chi connectivity index (χ4n) is 4.45. The van der Waals surface area contributed by atoms with Gasteiger partial charge in [0.25, 0.3) is 6.35 Å². The Kier molecular flexibility index (Phi) is 23.2. The first-order valence-electron chi connectivity index (χ1n) is 15.7. The molecule has 0 aliphatic carbocycles. The van der Waals surface area contributed by atoms with Crippen LogP contribution in [0.1, 0.15) is 111 Å². The molecule has 234 valence electrons. The monoisotopic (exact) mass is 596 g/mol. The number of carbonyl (C=O) groups is 1. The highest BCUT2D eigenvalue weighted by Crippen LogP contribution is 2.22. The van der Waals surface area contributed by atoms with Crippen LogP contribution in [0.25, 0.3) is 0 Å². The molecule has 0 aromatic heterocycles. The first kappa shape index (κ1) is 37.0. The van der Waals surface area contributed by atoms with Crippen LogP contribution in [-0.2, 0) is 18.6 Å². The van der Waals surface area contributed by atoms with Gasteiger partial charge in [-0.25, -0.2) is 9.98 Å². The Morgan fingerprint density at radius 1 is 1.00 bits per heavy atom. The number of unbranched alkanes of at least 4 members (excludes halogenated alkanes) is 11. The predicted molar refractivity (Wildman–Crippen MR) is 169 cm³/mol. The maximum absolute atomic E-state index is 12.5. The highest BCUT2D eigenvalue weighted by Gasteiger charge is 2.36. The average Bonchev–Trinajstić information content (AvgIpc) is 3.38. The molecule has 10 nitrogen and oxygen atoms in total. The molecule has 1 amide bonds. The lowest BCUT2D eigenvalue weighted by Crippen LogP contribution is -2.48. The van der Waals surface area contributed by atoms with E-state index in [1.165, 1.54) is 64.1 Å². The van der Waals surface area contributed by atoms with Crippen molar-refractivity contribution in [2.45, 2.75) is 123 Å². The maximum atomic E-state index is 12.5. The molecule has 2 aliphatic heterocycles. The van der Waals surface area contributed by atoms with Crippen LogP contribution in [0.2, 0.25) is 0 Å². The molecule has 11 heteroatoms. The molecule has 3 unspecified atom stereocenters. The zero-order chi connectivity index (χ0) is 30.0. The minimum absolute atomic E-state index is 0.0212. The molecule has 41 heavy (non-hydrogen) atoms. The summed E-state index contributed by atoms with van der Waals surface area (Å²) in [4.78, 5) is 27.6. The number of allylic oxidation sites excluding steroid dienone is 2. The normalized spacial score (nSPS) is 17.8. The van der Waals surface area contributed by atoms with Gasteiger partial charge in [0.1, 0.15) is 18.2 Å². The van der Waals surface area contributed by atoms with Gasteiger partial charge in [-0.3, -0.25) is 9.79 Å². The van der Waals surface area contributed by atoms with Crippen molar-refractivity contribution in [2.24, 2.45) is 15.0 Å². The van der Waals surface area contributed by atoms with Crippen molar-refractivity contribution in [3.8, 4) is 0 Å². The summed E-state index contributed by atoms with van der Waals surface area (Å²) >= 11 is 0. The highest BCUT2D eigenvalue weighted by atomic mass is 31.1. The van der Waals surface area contributed by atoms with E-state index in [0.717, 1.165) is 25.7 Å². The molecule has 0 fully saturated rings. The van der Waals surface area contributed by atoms with E-state index in [1.54, 1.807) is 20.2 Å². The third kappa shape index (κ3) is 18.2. The maximum Gasteiger partial charge on any atom is 0.537 e. The zero-order valence-corrected chi connectivity index (χ0v) is 26.6. The number of nitrogens with zero attached hydrogens (tertiary/aromatic N) is 4. The molecular weight excluding hydrogens is 541 g/mol. The van der Waals surface area contributed by atoms with E-state index in [1.807, 2.05) is 4.90 Å². The lowest BCUT2D eigenvalue weighted by molar-refractivity contribution is -0.119. The summed E-state index contributed by atoms with van der Waals surface area (Å²) in [7, 11) is -1.78. The second kappa shape index (κ2) is 25.7. The standard InChI is InChI=1S/C28H48N5O4P.C2H6O/c1-3-5-6-7-8-9-10-11-12-13-14-15-16-17-18-19-25(34)32-27-26-28(30-22-29-27)33(23-31-26)20-21-36-24-38(35)37-4-2;1-2-3/h11-12,22-23,26,28H,3-10,13-21,24H2,1-2H3;3H,2H2,1H3/p+1/b12-11-;. The summed E-state index contributed by atoms with van der Waals surface area (Å²) in [5.41, 5.74) is 0. The Balaban J connectivity index is 0.00000268. The SMILES string of the molecule is CCCCCCCC/C=C\CCCCCCCC(=O)NC1=NC=NC2C1N=CN2CCOC[P+](=O)OCC.CCO. The summed E-state index contributed by atoms with van der Waals surface area (Å²) in [5.74, 6) is 0.522. The summed E-state index contributed by atoms with van der Waals surface area (Å²) in [6.45, 7) is 7.32. The lowest BCUT2D eigenvalue weighted by Gasteiger charge is -2.26. The zero-order valence-electron chi connectivity index (χ0n) is 25.7. The van der Waals surface area contributed by atoms with Gasteiger partial charge in [0.2, 0.25) is 5.91 Å². The number of amidine groups is 1. The minimum Gasteiger partial charge on any atom is -0.397 e. The van der Waals surface area contributed by atoms with E-state index in [-0.39, 0.29) is 31.1 Å². The summed E-state index contributed by atoms with van der Waals surface area (Å²) in [5, 5.41) is 10.5. The number of nitrogens with one attached hydrogen (secondary N) is 1. The number of amides is 1. The second-order valence-electron chi connectivity index (χ2n) is 10.1. The van der Waals surface area contributed by atoms with Crippen LogP contribution in [0.5, 0.6) is 0 Å². The summed E-state index contributed by atoms with van der Waals surface area (Å²) < 4.78 is 21.9. The van der Waals surface area contributed by atoms with Crippen LogP contribution < -0.4 is 5.32 Å². The molecule has 0 saturated carbocycles. The Labute approximate surface area is 249 Å². The molecule has 0 aromatic carbocycles. The molecule has 2 N–H and O–H groups in total. The van der Waals surface area contributed by atoms with E-state index in [2.05, 4.69) is 39.4 Å². The van der Waals surface area contributed by atoms with Crippen LogP contribution in [-0.4, -0.2) is 79.3 Å². The number of hydrogen-bond acceptors (Lipinski definition) is 9. The second-order valence-corrected chi connectivity index (χ2v) is 11.3. The number of fused-ring (bicyclic) bond motifs is 1. The van der Waals surface area contributed by atoms with E-state index in [4.69, 9.17) is 14.4 Å². The van der Waals surface area contributed by atoms with Gasteiger partial charge >= 0.3 is 8.03 Å². The van der Waals surface area contributed by atoms with Gasteiger partial charge in [0.05, 0.1) is 19.6 Å². The van der Waals surface area contributed by atoms with Crippen LogP contribution in [0.4, 0.5) is 0 Å². The van der Waals surface area contributed by atoms with Crippen molar-refractivity contribution in [1.29, 1.82) is 0 Å². The Bertz CT molecular complexity index is 821. The number of aliphatic hydroxyl groups excluding tert-OH is 1. The smallest absolute Gasteiger partial charge is 0.397 e. The third-order valence-corrected chi connectivity index (χ3v) is 7.53. The fraction of sp³-hybridized carbons (Fsp3) is 0.800. The van der Waals surface area contributed by atoms with E-state index >= 15 is 0 Å². The fourth-order valence-corrected chi connectivity index (χ4v) is 5.09. The largest absolute Gasteiger partial charge is 0.537 e. The van der Waals surface area contributed by atoms with E-state index in [9.17, 15) is 9.36 Å². The number of ether oxygens (including phenoxy) is 1. The van der Waals surface area contributed by atoms with Gasteiger partial charge in [0.15, 0.2) is 6.17 Å². The molecule has 2 heterocycles. The molecule has 0 spiro atoms. The molecule has 0 radical (unpaired) electrons. The number of aliphatic imine (C=N–C) groups is 3. The van der Waals surface area contributed by atoms with Gasteiger partial charge < -0.3 is 20.1 Å². The number of carbonyl (C=O) groups excluding carboxylic acids is 1. The number of hydrogen-bond donors (Lipinski definition) is 2. The predicted octanol–water partition coefficient (Wildman–Crippen LogP) is 6.37. The lowest BCUT2D eigenvalue weighted by atomic mass is 10.1. The Hall–Kier alpha value is -2.00. The van der Waals surface area contributed by atoms with Crippen molar-refractivity contribution < 1.29 is 23.7 Å². The topological polar surface area (TPSA) is 125 Å². The molecular formula is C30H55N5O5P+. The molecule has 0 aromatic rings. The summed E-state index contributed by atoms with van der Waals surface area (Å²) in [6.07, 6.45) is 24.3. The van der Waals surface area contributed by atoms with Gasteiger partial charge in [-0.05, 0) is 50.5 Å². The van der Waals surface area contributed by atoms with Crippen molar-refractivity contribution in [3.63, 3.8) is 0 Å². The van der Waals surface area contributed by atoms with Gasteiger partial charge in [-0.2, -0.15) is 0 Å². The molecule has 0 saturated heterocycles. The molecule has 2 rings (SSSR count). The highest BCUT2D eigenvalue weighted by molar-refractivity contribution is 7.38. The molecule has 3 atom stereocenters. The van der Waals surface area contributed by atoms with Crippen LogP contribution in [0.15, 0.2) is 27.1 Å². The molecule has 2 aliphatic rings. The third-order valence-electron chi connectivity index (χ3n) is 6.59. The first-order chi connectivity index (χ1) is 20.1. The first-order valence-corrected chi connectivity index (χ1v) is 17.0. The van der Waals surface area contributed by atoms with Gasteiger partial charge in [-0.1, -0.05) is 70.4 Å². The van der Waals surface area contributed by atoms with Crippen molar-refractivity contribution in [3.05, 3.63) is 12.2 Å². The van der Waals surface area contributed by atoms with Crippen LogP contribution in [0.3, 0.4) is 0 Å². The van der Waals surface area contributed by atoms with Crippen molar-refractivity contribution in [1.82, 2.24) is 10.2 Å². The van der Waals surface area contributed by atoms with Crippen molar-refractivity contribution in [2.75, 3.05) is 32.7 Å². The van der Waals surface area contributed by atoms with E-state index in [0.29, 0.717) is 32.0 Å². The average molecular weight is 597 g/mol. The van der Waals surface area contributed by atoms with Crippen molar-refractivity contribution >= 4 is 32.4 Å². The number of rotatable bonds is 22. The summed E-state index contributed by atoms with van der Waals surface area (Å²) in [6, 6.07) is -0.321.